The number of carbonyl (C=O) groups excluding carboxylic acids is 1. The monoisotopic (exact) mass is 439 g/mol. The molecular weight excluding hydrogens is 414 g/mol. The summed E-state index contributed by atoms with van der Waals surface area (Å²) in [6.45, 7) is 5.33. The second-order valence-electron chi connectivity index (χ2n) is 8.66. The third-order valence-electron chi connectivity index (χ3n) is 5.10. The van der Waals surface area contributed by atoms with Gasteiger partial charge in [-0.25, -0.2) is 9.78 Å². The summed E-state index contributed by atoms with van der Waals surface area (Å²) in [5.41, 5.74) is 1.92. The Morgan fingerprint density at radius 3 is 2.72 bits per heavy atom. The predicted molar refractivity (Wildman–Crippen MR) is 116 cm³/mol. The molecule has 1 aliphatic carbocycles. The van der Waals surface area contributed by atoms with Gasteiger partial charge in [0.2, 0.25) is 5.88 Å². The molecule has 3 aromatic rings. The minimum absolute atomic E-state index is 0.269. The maximum Gasteiger partial charge on any atom is 0.407 e. The van der Waals surface area contributed by atoms with Gasteiger partial charge in [0.15, 0.2) is 5.65 Å². The molecule has 0 saturated carbocycles. The van der Waals surface area contributed by atoms with E-state index in [1.807, 2.05) is 0 Å². The van der Waals surface area contributed by atoms with Crippen molar-refractivity contribution < 1.29 is 19.4 Å². The summed E-state index contributed by atoms with van der Waals surface area (Å²) in [5, 5.41) is 13.3. The van der Waals surface area contributed by atoms with Gasteiger partial charge in [0, 0.05) is 24.6 Å². The van der Waals surface area contributed by atoms with E-state index in [1.54, 1.807) is 45.2 Å². The van der Waals surface area contributed by atoms with E-state index in [4.69, 9.17) is 9.47 Å². The van der Waals surface area contributed by atoms with Gasteiger partial charge in [-0.3, -0.25) is 14.3 Å². The number of amides is 1. The first kappa shape index (κ1) is 21.7. The Balaban J connectivity index is 1.65. The highest BCUT2D eigenvalue weighted by Crippen LogP contribution is 2.24. The average Bonchev–Trinajstić information content (AvgIpc) is 2.72. The van der Waals surface area contributed by atoms with Gasteiger partial charge in [-0.2, -0.15) is 4.98 Å². The van der Waals surface area contributed by atoms with E-state index in [-0.39, 0.29) is 12.0 Å². The number of aromatic nitrogens is 4. The molecular formula is C22H25N5O5. The Bertz CT molecular complexity index is 1230. The molecule has 0 spiro atoms. The molecule has 1 amide bonds. The van der Waals surface area contributed by atoms with Gasteiger partial charge in [-0.05, 0) is 38.5 Å². The molecule has 0 unspecified atom stereocenters. The van der Waals surface area contributed by atoms with Crippen molar-refractivity contribution in [3.8, 4) is 11.6 Å². The summed E-state index contributed by atoms with van der Waals surface area (Å²) in [7, 11) is 1.50. The van der Waals surface area contributed by atoms with Gasteiger partial charge in [-0.1, -0.05) is 0 Å². The minimum atomic E-state index is -0.823. The van der Waals surface area contributed by atoms with E-state index >= 15 is 0 Å². The molecule has 32 heavy (non-hydrogen) atoms. The summed E-state index contributed by atoms with van der Waals surface area (Å²) in [5.74, 6) is 0.357. The van der Waals surface area contributed by atoms with Crippen molar-refractivity contribution in [3.05, 3.63) is 52.2 Å². The number of hydrogen-bond acceptors (Lipinski definition) is 8. The van der Waals surface area contributed by atoms with Crippen LogP contribution in [0.5, 0.6) is 5.88 Å². The Hall–Kier alpha value is -3.53. The van der Waals surface area contributed by atoms with Gasteiger partial charge in [0.05, 0.1) is 37.3 Å². The molecule has 0 radical (unpaired) electrons. The lowest BCUT2D eigenvalue weighted by molar-refractivity contribution is 0.0411. The maximum atomic E-state index is 12.6. The van der Waals surface area contributed by atoms with Crippen LogP contribution in [-0.2, 0) is 17.6 Å². The van der Waals surface area contributed by atoms with Crippen LogP contribution in [0, 0.1) is 0 Å². The third kappa shape index (κ3) is 4.40. The van der Waals surface area contributed by atoms with Crippen molar-refractivity contribution >= 4 is 17.3 Å². The van der Waals surface area contributed by atoms with Gasteiger partial charge >= 0.3 is 6.09 Å². The van der Waals surface area contributed by atoms with Crippen LogP contribution in [0.2, 0.25) is 0 Å². The van der Waals surface area contributed by atoms with Gasteiger partial charge in [-0.15, -0.1) is 0 Å². The van der Waals surface area contributed by atoms with Crippen molar-refractivity contribution in [1.29, 1.82) is 0 Å². The van der Waals surface area contributed by atoms with Crippen LogP contribution in [0.1, 0.15) is 32.0 Å². The number of aliphatic hydroxyl groups is 1. The van der Waals surface area contributed by atoms with E-state index in [2.05, 4.69) is 20.3 Å². The molecule has 2 N–H and O–H groups in total. The van der Waals surface area contributed by atoms with Crippen LogP contribution < -0.4 is 15.6 Å². The SMILES string of the molecule is COc1ccc2ncc(=O)n(-c3cnc4c(c3)C[C@@H](O)[C@@H](NC(=O)OC(C)(C)C)C4)c2n1. The van der Waals surface area contributed by atoms with E-state index in [0.29, 0.717) is 29.2 Å². The molecule has 3 heterocycles. The summed E-state index contributed by atoms with van der Waals surface area (Å²) in [6.07, 6.45) is 2.00. The number of rotatable bonds is 3. The smallest absolute Gasteiger partial charge is 0.407 e. The quantitative estimate of drug-likeness (QED) is 0.629. The van der Waals surface area contributed by atoms with Gasteiger partial charge in [0.25, 0.3) is 5.56 Å². The zero-order chi connectivity index (χ0) is 23.0. The lowest BCUT2D eigenvalue weighted by atomic mass is 9.89. The second-order valence-corrected chi connectivity index (χ2v) is 8.66. The molecule has 1 aliphatic rings. The summed E-state index contributed by atoms with van der Waals surface area (Å²) >= 11 is 0. The fourth-order valence-corrected chi connectivity index (χ4v) is 3.67. The zero-order valence-corrected chi connectivity index (χ0v) is 18.3. The van der Waals surface area contributed by atoms with E-state index in [9.17, 15) is 14.7 Å². The van der Waals surface area contributed by atoms with Crippen molar-refractivity contribution in [2.45, 2.75) is 51.4 Å². The largest absolute Gasteiger partial charge is 0.481 e. The highest BCUT2D eigenvalue weighted by Gasteiger charge is 2.31. The van der Waals surface area contributed by atoms with Crippen LogP contribution >= 0.6 is 0 Å². The van der Waals surface area contributed by atoms with Gasteiger partial charge < -0.3 is 19.9 Å². The first-order chi connectivity index (χ1) is 15.1. The predicted octanol–water partition coefficient (Wildman–Crippen LogP) is 1.54. The number of alkyl carbamates (subject to hydrolysis) is 1. The van der Waals surface area contributed by atoms with Gasteiger partial charge in [0.1, 0.15) is 11.1 Å². The molecule has 0 saturated heterocycles. The number of methoxy groups -OCH3 is 1. The average molecular weight is 439 g/mol. The molecule has 10 nitrogen and oxygen atoms in total. The molecule has 4 rings (SSSR count). The molecule has 168 valence electrons. The zero-order valence-electron chi connectivity index (χ0n) is 18.3. The lowest BCUT2D eigenvalue weighted by Gasteiger charge is -2.31. The normalized spacial score (nSPS) is 18.2. The summed E-state index contributed by atoms with van der Waals surface area (Å²) < 4.78 is 11.9. The van der Waals surface area contributed by atoms with E-state index in [0.717, 1.165) is 11.3 Å². The Labute approximate surface area is 184 Å². The number of nitrogens with zero attached hydrogens (tertiary/aromatic N) is 4. The van der Waals surface area contributed by atoms with Crippen molar-refractivity contribution in [3.63, 3.8) is 0 Å². The van der Waals surface area contributed by atoms with E-state index in [1.165, 1.54) is 17.9 Å². The molecule has 0 aliphatic heterocycles. The Kier molecular flexibility index (Phi) is 5.55. The van der Waals surface area contributed by atoms with Crippen LogP contribution in [-0.4, -0.2) is 55.6 Å². The van der Waals surface area contributed by atoms with Crippen LogP contribution in [0.15, 0.2) is 35.4 Å². The summed E-state index contributed by atoms with van der Waals surface area (Å²) in [4.78, 5) is 37.8. The third-order valence-corrected chi connectivity index (χ3v) is 5.10. The Morgan fingerprint density at radius 1 is 1.22 bits per heavy atom. The second kappa shape index (κ2) is 8.19. The molecule has 0 aromatic carbocycles. The topological polar surface area (TPSA) is 128 Å². The summed E-state index contributed by atoms with van der Waals surface area (Å²) in [6, 6.07) is 4.67. The fraction of sp³-hybridized carbons (Fsp3) is 0.409. The first-order valence-electron chi connectivity index (χ1n) is 10.2. The number of pyridine rings is 2. The molecule has 0 bridgehead atoms. The number of hydrogen-bond donors (Lipinski definition) is 2. The van der Waals surface area contributed by atoms with Crippen molar-refractivity contribution in [1.82, 2.24) is 24.8 Å². The standard InChI is InChI=1S/C22H25N5O5/c1-22(2,3)32-21(30)25-16-9-15-12(8-17(16)28)7-13(10-23-15)27-19(29)11-24-14-5-6-18(31-4)26-20(14)27/h5-7,10-11,16-17,28H,8-9H2,1-4H3,(H,25,30)/t16-,17+/m0/s1. The molecule has 10 heteroatoms. The Morgan fingerprint density at radius 2 is 2.00 bits per heavy atom. The van der Waals surface area contributed by atoms with Crippen LogP contribution in [0.4, 0.5) is 4.79 Å². The van der Waals surface area contributed by atoms with E-state index < -0.39 is 23.8 Å². The fourth-order valence-electron chi connectivity index (χ4n) is 3.67. The van der Waals surface area contributed by atoms with Crippen molar-refractivity contribution in [2.75, 3.05) is 7.11 Å². The number of fused-ring (bicyclic) bond motifs is 2. The highest BCUT2D eigenvalue weighted by atomic mass is 16.6. The van der Waals surface area contributed by atoms with Crippen LogP contribution in [0.25, 0.3) is 16.9 Å². The number of aliphatic hydroxyl groups excluding tert-OH is 1. The lowest BCUT2D eigenvalue weighted by Crippen LogP contribution is -2.49. The van der Waals surface area contributed by atoms with Crippen LogP contribution in [0.3, 0.4) is 0 Å². The number of carbonyl (C=O) groups is 1. The molecule has 3 aromatic heterocycles. The molecule has 0 fully saturated rings. The minimum Gasteiger partial charge on any atom is -0.481 e. The first-order valence-corrected chi connectivity index (χ1v) is 10.2. The number of ether oxygens (including phenoxy) is 2. The number of nitrogens with one attached hydrogen (secondary N) is 1. The van der Waals surface area contributed by atoms with Crippen molar-refractivity contribution in [2.24, 2.45) is 0 Å². The maximum absolute atomic E-state index is 12.6. The highest BCUT2D eigenvalue weighted by molar-refractivity contribution is 5.72. The molecule has 2 atom stereocenters.